The largest absolute Gasteiger partial charge is 0.354 e. The molecule has 1 fully saturated rings. The summed E-state index contributed by atoms with van der Waals surface area (Å²) >= 11 is 0. The summed E-state index contributed by atoms with van der Waals surface area (Å²) in [6, 6.07) is 27.8. The van der Waals surface area contributed by atoms with E-state index in [2.05, 4.69) is 45.0 Å². The van der Waals surface area contributed by atoms with E-state index in [1.54, 1.807) is 4.90 Å². The van der Waals surface area contributed by atoms with Crippen LogP contribution in [-0.2, 0) is 14.9 Å². The zero-order valence-electron chi connectivity index (χ0n) is 16.5. The molecule has 1 aliphatic heterocycles. The standard InChI is InChI=1S/C25H25NO2/c1-25(2,3)19-16-14-18(15-17-19)22-23(28-22)24(27)26(20-10-6-4-7-11-20)21-12-8-5-9-13-21/h4-17,22-23H,1-3H3/t22-,23-/m0/s1. The van der Waals surface area contributed by atoms with Gasteiger partial charge in [-0.05, 0) is 40.8 Å². The van der Waals surface area contributed by atoms with Crippen LogP contribution in [0.1, 0.15) is 38.0 Å². The number of rotatable bonds is 4. The van der Waals surface area contributed by atoms with Gasteiger partial charge in [0.05, 0.1) is 0 Å². The average Bonchev–Trinajstić information content (AvgIpc) is 3.50. The van der Waals surface area contributed by atoms with Crippen molar-refractivity contribution >= 4 is 17.3 Å². The van der Waals surface area contributed by atoms with Gasteiger partial charge in [0.2, 0.25) is 0 Å². The van der Waals surface area contributed by atoms with Crippen molar-refractivity contribution in [3.63, 3.8) is 0 Å². The Morgan fingerprint density at radius 1 is 0.786 bits per heavy atom. The van der Waals surface area contributed by atoms with Crippen LogP contribution < -0.4 is 4.90 Å². The number of anilines is 2. The first-order valence-corrected chi connectivity index (χ1v) is 9.65. The van der Waals surface area contributed by atoms with Gasteiger partial charge in [-0.1, -0.05) is 81.4 Å². The van der Waals surface area contributed by atoms with Crippen molar-refractivity contribution in [3.05, 3.63) is 96.1 Å². The number of hydrogen-bond acceptors (Lipinski definition) is 2. The second-order valence-corrected chi connectivity index (χ2v) is 8.19. The minimum atomic E-state index is -0.458. The Morgan fingerprint density at radius 3 is 1.75 bits per heavy atom. The van der Waals surface area contributed by atoms with Gasteiger partial charge in [-0.25, -0.2) is 0 Å². The van der Waals surface area contributed by atoms with Crippen LogP contribution in [0.15, 0.2) is 84.9 Å². The summed E-state index contributed by atoms with van der Waals surface area (Å²) in [5.74, 6) is -0.0395. The van der Waals surface area contributed by atoms with Crippen LogP contribution in [0.4, 0.5) is 11.4 Å². The number of nitrogens with zero attached hydrogens (tertiary/aromatic N) is 1. The maximum absolute atomic E-state index is 13.3. The normalized spacial score (nSPS) is 18.5. The van der Waals surface area contributed by atoms with Crippen LogP contribution in [0.25, 0.3) is 0 Å². The summed E-state index contributed by atoms with van der Waals surface area (Å²) < 4.78 is 5.82. The van der Waals surface area contributed by atoms with Crippen LogP contribution in [0.5, 0.6) is 0 Å². The van der Waals surface area contributed by atoms with E-state index in [4.69, 9.17) is 4.74 Å². The molecule has 3 nitrogen and oxygen atoms in total. The molecule has 3 aromatic carbocycles. The summed E-state index contributed by atoms with van der Waals surface area (Å²) in [4.78, 5) is 15.1. The third-order valence-corrected chi connectivity index (χ3v) is 5.09. The predicted octanol–water partition coefficient (Wildman–Crippen LogP) is 5.79. The smallest absolute Gasteiger partial charge is 0.263 e. The Kier molecular flexibility index (Phi) is 4.78. The highest BCUT2D eigenvalue weighted by molar-refractivity contribution is 6.04. The second-order valence-electron chi connectivity index (χ2n) is 8.19. The molecule has 28 heavy (non-hydrogen) atoms. The fourth-order valence-corrected chi connectivity index (χ4v) is 3.41. The Labute approximate surface area is 166 Å². The van der Waals surface area contributed by atoms with Crippen LogP contribution in [0.3, 0.4) is 0 Å². The van der Waals surface area contributed by atoms with Gasteiger partial charge in [0.25, 0.3) is 5.91 Å². The molecule has 0 saturated carbocycles. The highest BCUT2D eigenvalue weighted by atomic mass is 16.6. The fourth-order valence-electron chi connectivity index (χ4n) is 3.41. The van der Waals surface area contributed by atoms with E-state index >= 15 is 0 Å². The number of para-hydroxylation sites is 2. The van der Waals surface area contributed by atoms with Crippen LogP contribution in [-0.4, -0.2) is 12.0 Å². The van der Waals surface area contributed by atoms with Gasteiger partial charge in [-0.3, -0.25) is 9.69 Å². The van der Waals surface area contributed by atoms with Gasteiger partial charge in [0.15, 0.2) is 6.10 Å². The molecule has 3 aromatic rings. The number of benzene rings is 3. The van der Waals surface area contributed by atoms with Crippen LogP contribution in [0.2, 0.25) is 0 Å². The van der Waals surface area contributed by atoms with Crippen molar-refractivity contribution in [3.8, 4) is 0 Å². The molecule has 1 amide bonds. The van der Waals surface area contributed by atoms with Crippen LogP contribution >= 0.6 is 0 Å². The SMILES string of the molecule is CC(C)(C)c1ccc([C@@H]2O[C@@H]2C(=O)N(c2ccccc2)c2ccccc2)cc1. The summed E-state index contributed by atoms with van der Waals surface area (Å²) in [5, 5.41) is 0. The Bertz CT molecular complexity index is 904. The van der Waals surface area contributed by atoms with E-state index in [-0.39, 0.29) is 17.4 Å². The molecule has 3 heteroatoms. The molecule has 0 bridgehead atoms. The number of carbonyl (C=O) groups is 1. The Balaban J connectivity index is 1.58. The number of amides is 1. The van der Waals surface area contributed by atoms with E-state index < -0.39 is 6.10 Å². The van der Waals surface area contributed by atoms with Crippen molar-refractivity contribution in [2.45, 2.75) is 38.4 Å². The first-order valence-electron chi connectivity index (χ1n) is 9.65. The van der Waals surface area contributed by atoms with E-state index in [9.17, 15) is 4.79 Å². The molecule has 0 aromatic heterocycles. The van der Waals surface area contributed by atoms with Gasteiger partial charge in [-0.15, -0.1) is 0 Å². The lowest BCUT2D eigenvalue weighted by Gasteiger charge is -2.22. The highest BCUT2D eigenvalue weighted by Crippen LogP contribution is 2.42. The number of ether oxygens (including phenoxy) is 1. The van der Waals surface area contributed by atoms with Gasteiger partial charge in [0.1, 0.15) is 6.10 Å². The molecule has 0 radical (unpaired) electrons. The molecule has 1 saturated heterocycles. The van der Waals surface area contributed by atoms with Gasteiger partial charge in [-0.2, -0.15) is 0 Å². The van der Waals surface area contributed by atoms with Crippen LogP contribution in [0, 0.1) is 0 Å². The highest BCUT2D eigenvalue weighted by Gasteiger charge is 2.48. The summed E-state index contributed by atoms with van der Waals surface area (Å²) in [5.41, 5.74) is 4.12. The number of epoxide rings is 1. The lowest BCUT2D eigenvalue weighted by molar-refractivity contribution is -0.119. The summed E-state index contributed by atoms with van der Waals surface area (Å²) in [6.07, 6.45) is -0.641. The summed E-state index contributed by atoms with van der Waals surface area (Å²) in [6.45, 7) is 6.58. The van der Waals surface area contributed by atoms with E-state index in [0.29, 0.717) is 0 Å². The fraction of sp³-hybridized carbons (Fsp3) is 0.240. The first kappa shape index (κ1) is 18.5. The molecule has 0 aliphatic carbocycles. The maximum Gasteiger partial charge on any atom is 0.263 e. The quantitative estimate of drug-likeness (QED) is 0.544. The molecule has 0 unspecified atom stereocenters. The molecule has 0 N–H and O–H groups in total. The monoisotopic (exact) mass is 371 g/mol. The maximum atomic E-state index is 13.3. The molecule has 4 rings (SSSR count). The van der Waals surface area contributed by atoms with Crippen molar-refractivity contribution < 1.29 is 9.53 Å². The minimum Gasteiger partial charge on any atom is -0.354 e. The number of carbonyl (C=O) groups excluding carboxylic acids is 1. The third kappa shape index (κ3) is 3.71. The minimum absolute atomic E-state index is 0.0395. The molecule has 0 spiro atoms. The molecular weight excluding hydrogens is 346 g/mol. The van der Waals surface area contributed by atoms with Crippen molar-refractivity contribution in [1.29, 1.82) is 0 Å². The number of hydrogen-bond donors (Lipinski definition) is 0. The molecule has 1 heterocycles. The molecule has 142 valence electrons. The third-order valence-electron chi connectivity index (χ3n) is 5.09. The summed E-state index contributed by atoms with van der Waals surface area (Å²) in [7, 11) is 0. The predicted molar refractivity (Wildman–Crippen MR) is 113 cm³/mol. The topological polar surface area (TPSA) is 32.8 Å². The zero-order valence-corrected chi connectivity index (χ0v) is 16.5. The van der Waals surface area contributed by atoms with E-state index in [1.807, 2.05) is 60.7 Å². The lowest BCUT2D eigenvalue weighted by Crippen LogP contribution is -2.30. The lowest BCUT2D eigenvalue weighted by atomic mass is 9.86. The molecular formula is C25H25NO2. The van der Waals surface area contributed by atoms with Gasteiger partial charge in [0, 0.05) is 11.4 Å². The van der Waals surface area contributed by atoms with Gasteiger partial charge >= 0.3 is 0 Å². The van der Waals surface area contributed by atoms with Gasteiger partial charge < -0.3 is 4.74 Å². The van der Waals surface area contributed by atoms with Crippen molar-refractivity contribution in [2.75, 3.05) is 4.90 Å². The molecule has 2 atom stereocenters. The Morgan fingerprint density at radius 2 is 1.29 bits per heavy atom. The zero-order chi connectivity index (χ0) is 19.7. The van der Waals surface area contributed by atoms with E-state index in [0.717, 1.165) is 16.9 Å². The van der Waals surface area contributed by atoms with Crippen molar-refractivity contribution in [1.82, 2.24) is 0 Å². The second kappa shape index (κ2) is 7.25. The average molecular weight is 371 g/mol. The Hall–Kier alpha value is -2.91. The molecule has 1 aliphatic rings. The first-order chi connectivity index (χ1) is 13.4. The van der Waals surface area contributed by atoms with Crippen molar-refractivity contribution in [2.24, 2.45) is 0 Å². The van der Waals surface area contributed by atoms with E-state index in [1.165, 1.54) is 5.56 Å².